The number of aromatic nitrogens is 1. The number of rotatable bonds is 8. The number of fused-ring (bicyclic) bond motifs is 1. The molecular formula is C18H21N5O7S2. The summed E-state index contributed by atoms with van der Waals surface area (Å²) in [5.41, 5.74) is 4.17. The predicted molar refractivity (Wildman–Crippen MR) is 116 cm³/mol. The minimum Gasteiger partial charge on any atom is -0.478 e. The summed E-state index contributed by atoms with van der Waals surface area (Å²) in [6.45, 7) is 4.31. The summed E-state index contributed by atoms with van der Waals surface area (Å²) in [6, 6.07) is -0.992. The van der Waals surface area contributed by atoms with Crippen LogP contribution in [0.1, 0.15) is 32.9 Å². The van der Waals surface area contributed by atoms with Gasteiger partial charge in [-0.15, -0.1) is 23.1 Å². The van der Waals surface area contributed by atoms with Crippen LogP contribution in [-0.4, -0.2) is 72.3 Å². The number of β-lactam (4-membered cyclic amide) rings is 1. The Morgan fingerprint density at radius 2 is 2.09 bits per heavy atom. The van der Waals surface area contributed by atoms with Crippen LogP contribution < -0.4 is 11.1 Å². The van der Waals surface area contributed by atoms with E-state index in [1.165, 1.54) is 35.9 Å². The summed E-state index contributed by atoms with van der Waals surface area (Å²) in [5, 5.41) is 25.9. The number of hydrogen-bond acceptors (Lipinski definition) is 10. The van der Waals surface area contributed by atoms with Crippen molar-refractivity contribution in [2.75, 3.05) is 11.5 Å². The smallest absolute Gasteiger partial charge is 0.352 e. The molecule has 2 atom stereocenters. The topological polar surface area (TPSA) is 185 Å². The monoisotopic (exact) mass is 483 g/mol. The SMILES string of the molecule is CCC1=C(C(=O)O)N2C(=O)[C@@H](NC(=O)/C(=N\OC(C)(C)C(=O)O)c3csc(N)n3)[C@H]2SC1. The number of amides is 2. The van der Waals surface area contributed by atoms with Crippen molar-refractivity contribution >= 4 is 57.7 Å². The normalized spacial score (nSPS) is 21.0. The molecule has 3 rings (SSSR count). The van der Waals surface area contributed by atoms with Gasteiger partial charge in [-0.05, 0) is 25.8 Å². The minimum absolute atomic E-state index is 0.0468. The van der Waals surface area contributed by atoms with Gasteiger partial charge in [-0.3, -0.25) is 14.5 Å². The van der Waals surface area contributed by atoms with Gasteiger partial charge in [0.05, 0.1) is 0 Å². The van der Waals surface area contributed by atoms with Crippen LogP contribution in [0.2, 0.25) is 0 Å². The third kappa shape index (κ3) is 4.27. The molecule has 0 unspecified atom stereocenters. The van der Waals surface area contributed by atoms with Gasteiger partial charge in [0.2, 0.25) is 5.60 Å². The number of hydrogen-bond donors (Lipinski definition) is 4. The number of nitrogen functional groups attached to an aromatic ring is 1. The van der Waals surface area contributed by atoms with E-state index in [-0.39, 0.29) is 22.2 Å². The number of carbonyl (C=O) groups is 4. The lowest BCUT2D eigenvalue weighted by Gasteiger charge is -2.49. The summed E-state index contributed by atoms with van der Waals surface area (Å²) < 4.78 is 0. The molecule has 3 heterocycles. The third-order valence-corrected chi connectivity index (χ3v) is 6.84. The zero-order valence-electron chi connectivity index (χ0n) is 17.3. The molecule has 0 radical (unpaired) electrons. The van der Waals surface area contributed by atoms with E-state index < -0.39 is 40.8 Å². The van der Waals surface area contributed by atoms with Crippen LogP contribution >= 0.6 is 23.1 Å². The Kier molecular flexibility index (Phi) is 6.46. The van der Waals surface area contributed by atoms with Gasteiger partial charge in [-0.2, -0.15) is 0 Å². The highest BCUT2D eigenvalue weighted by atomic mass is 32.2. The molecule has 0 saturated carbocycles. The molecule has 0 aromatic carbocycles. The summed E-state index contributed by atoms with van der Waals surface area (Å²) >= 11 is 2.38. The first-order valence-corrected chi connectivity index (χ1v) is 11.3. The maximum absolute atomic E-state index is 12.9. The fourth-order valence-electron chi connectivity index (χ4n) is 2.96. The molecule has 1 saturated heterocycles. The van der Waals surface area contributed by atoms with Gasteiger partial charge in [-0.1, -0.05) is 12.1 Å². The molecule has 32 heavy (non-hydrogen) atoms. The van der Waals surface area contributed by atoms with Gasteiger partial charge in [0.1, 0.15) is 22.8 Å². The van der Waals surface area contributed by atoms with Crippen LogP contribution in [0.5, 0.6) is 0 Å². The van der Waals surface area contributed by atoms with Gasteiger partial charge in [0, 0.05) is 11.1 Å². The maximum Gasteiger partial charge on any atom is 0.352 e. The molecule has 2 aliphatic heterocycles. The van der Waals surface area contributed by atoms with E-state index in [0.717, 1.165) is 11.3 Å². The van der Waals surface area contributed by atoms with E-state index in [0.29, 0.717) is 17.7 Å². The molecular weight excluding hydrogens is 462 g/mol. The Balaban J connectivity index is 1.83. The first-order chi connectivity index (χ1) is 15.0. The lowest BCUT2D eigenvalue weighted by Crippen LogP contribution is -2.71. The number of aliphatic carboxylic acids is 2. The number of thiazole rings is 1. The van der Waals surface area contributed by atoms with Crippen molar-refractivity contribution in [1.29, 1.82) is 0 Å². The second-order valence-corrected chi connectivity index (χ2v) is 9.38. The van der Waals surface area contributed by atoms with Crippen LogP contribution in [0, 0.1) is 0 Å². The largest absolute Gasteiger partial charge is 0.478 e. The first kappa shape index (κ1) is 23.5. The fraction of sp³-hybridized carbons (Fsp3) is 0.444. The number of nitrogens with one attached hydrogen (secondary N) is 1. The summed E-state index contributed by atoms with van der Waals surface area (Å²) in [7, 11) is 0. The van der Waals surface area contributed by atoms with E-state index in [1.807, 2.05) is 6.92 Å². The molecule has 14 heteroatoms. The summed E-state index contributed by atoms with van der Waals surface area (Å²) in [4.78, 5) is 58.8. The molecule has 2 amide bonds. The molecule has 2 aliphatic rings. The number of oxime groups is 1. The molecule has 1 aromatic rings. The van der Waals surface area contributed by atoms with Gasteiger partial charge in [0.25, 0.3) is 11.8 Å². The van der Waals surface area contributed by atoms with E-state index in [2.05, 4.69) is 15.5 Å². The second-order valence-electron chi connectivity index (χ2n) is 7.39. The maximum atomic E-state index is 12.9. The van der Waals surface area contributed by atoms with Crippen molar-refractivity contribution in [3.63, 3.8) is 0 Å². The molecule has 0 aliphatic carbocycles. The van der Waals surface area contributed by atoms with Gasteiger partial charge >= 0.3 is 11.9 Å². The Labute approximate surface area is 190 Å². The predicted octanol–water partition coefficient (Wildman–Crippen LogP) is 0.458. The number of carboxylic acid groups (broad SMARTS) is 2. The molecule has 172 valence electrons. The quantitative estimate of drug-likeness (QED) is 0.230. The average Bonchev–Trinajstić information content (AvgIpc) is 3.16. The van der Waals surface area contributed by atoms with Crippen LogP contribution in [0.4, 0.5) is 5.13 Å². The number of carboxylic acids is 2. The molecule has 1 aromatic heterocycles. The fourth-order valence-corrected chi connectivity index (χ4v) is 4.96. The van der Waals surface area contributed by atoms with E-state index in [9.17, 15) is 29.4 Å². The highest BCUT2D eigenvalue weighted by Crippen LogP contribution is 2.41. The number of thioether (sulfide) groups is 1. The van der Waals surface area contributed by atoms with Crippen LogP contribution in [0.15, 0.2) is 21.8 Å². The van der Waals surface area contributed by atoms with Crippen molar-refractivity contribution in [2.24, 2.45) is 5.16 Å². The number of anilines is 1. The standard InChI is InChI=1S/C18H21N5O7S2/c1-4-7-5-31-14-10(13(25)23(14)11(7)15(26)27)21-12(24)9(8-6-32-17(19)20-8)22-30-18(2,3)16(28)29/h6,10,14H,4-5H2,1-3H3,(H2,19,20)(H,21,24)(H,26,27)(H,28,29)/b22-9-/t10-,14-/m1/s1. The number of nitrogens with zero attached hydrogens (tertiary/aromatic N) is 3. The minimum atomic E-state index is -1.73. The van der Waals surface area contributed by atoms with Gasteiger partial charge in [-0.25, -0.2) is 14.6 Å². The zero-order valence-corrected chi connectivity index (χ0v) is 19.0. The van der Waals surface area contributed by atoms with Crippen molar-refractivity contribution in [3.8, 4) is 0 Å². The summed E-state index contributed by atoms with van der Waals surface area (Å²) in [6.07, 6.45) is 0.487. The Hall–Kier alpha value is -3.13. The van der Waals surface area contributed by atoms with E-state index in [4.69, 9.17) is 10.6 Å². The lowest BCUT2D eigenvalue weighted by molar-refractivity contribution is -0.161. The first-order valence-electron chi connectivity index (χ1n) is 9.39. The van der Waals surface area contributed by atoms with Crippen LogP contribution in [0.3, 0.4) is 0 Å². The second kappa shape index (κ2) is 8.78. The van der Waals surface area contributed by atoms with Crippen LogP contribution in [0.25, 0.3) is 0 Å². The van der Waals surface area contributed by atoms with Gasteiger partial charge in [0.15, 0.2) is 10.8 Å². The Morgan fingerprint density at radius 1 is 1.41 bits per heavy atom. The van der Waals surface area contributed by atoms with Crippen molar-refractivity contribution < 1.29 is 34.2 Å². The number of nitrogens with two attached hydrogens (primary N) is 1. The van der Waals surface area contributed by atoms with Crippen molar-refractivity contribution in [3.05, 3.63) is 22.3 Å². The van der Waals surface area contributed by atoms with Gasteiger partial charge < -0.3 is 26.1 Å². The number of carbonyl (C=O) groups excluding carboxylic acids is 2. The lowest BCUT2D eigenvalue weighted by atomic mass is 10.0. The average molecular weight is 484 g/mol. The third-order valence-electron chi connectivity index (χ3n) is 4.82. The molecule has 5 N–H and O–H groups in total. The highest BCUT2D eigenvalue weighted by Gasteiger charge is 2.54. The van der Waals surface area contributed by atoms with E-state index >= 15 is 0 Å². The highest BCUT2D eigenvalue weighted by molar-refractivity contribution is 8.00. The Morgan fingerprint density at radius 3 is 2.62 bits per heavy atom. The Bertz CT molecular complexity index is 1050. The van der Waals surface area contributed by atoms with Crippen molar-refractivity contribution in [2.45, 2.75) is 44.2 Å². The van der Waals surface area contributed by atoms with Crippen molar-refractivity contribution in [1.82, 2.24) is 15.2 Å². The van der Waals surface area contributed by atoms with Crippen LogP contribution in [-0.2, 0) is 24.0 Å². The summed E-state index contributed by atoms with van der Waals surface area (Å²) in [5.74, 6) is -3.49. The molecule has 0 spiro atoms. The van der Waals surface area contributed by atoms with E-state index in [1.54, 1.807) is 0 Å². The molecule has 0 bridgehead atoms. The zero-order chi connectivity index (χ0) is 23.8. The molecule has 12 nitrogen and oxygen atoms in total. The molecule has 1 fully saturated rings.